The molecule has 0 radical (unpaired) electrons. The Bertz CT molecular complexity index is 1750. The van der Waals surface area contributed by atoms with Crippen LogP contribution < -0.4 is 4.74 Å². The molecule has 0 fully saturated rings. The van der Waals surface area contributed by atoms with Crippen LogP contribution in [0.15, 0.2) is 66.9 Å². The van der Waals surface area contributed by atoms with Crippen molar-refractivity contribution in [2.24, 2.45) is 0 Å². The van der Waals surface area contributed by atoms with Gasteiger partial charge in [0.2, 0.25) is 10.0 Å². The fraction of sp³-hybridized carbons (Fsp3) is 0.375. The third-order valence-electron chi connectivity index (χ3n) is 7.70. The zero-order valence-corrected chi connectivity index (χ0v) is 25.5. The number of carbonyl (C=O) groups excluding carboxylic acids is 1. The molecule has 3 heterocycles. The van der Waals surface area contributed by atoms with E-state index in [-0.39, 0.29) is 12.5 Å². The lowest BCUT2D eigenvalue weighted by atomic mass is 9.93. The molecule has 0 spiro atoms. The van der Waals surface area contributed by atoms with Crippen LogP contribution in [-0.4, -0.2) is 58.4 Å². The summed E-state index contributed by atoms with van der Waals surface area (Å²) in [5, 5.41) is 0.698. The van der Waals surface area contributed by atoms with Crippen molar-refractivity contribution in [1.82, 2.24) is 13.9 Å². The van der Waals surface area contributed by atoms with Crippen molar-refractivity contribution in [3.05, 3.63) is 84.0 Å². The molecule has 2 aliphatic rings. The van der Waals surface area contributed by atoms with E-state index in [9.17, 15) is 17.6 Å². The van der Waals surface area contributed by atoms with E-state index in [0.717, 1.165) is 5.57 Å². The topological polar surface area (TPSA) is 90.7 Å². The van der Waals surface area contributed by atoms with E-state index < -0.39 is 32.3 Å². The predicted molar refractivity (Wildman–Crippen MR) is 162 cm³/mol. The van der Waals surface area contributed by atoms with Crippen LogP contribution in [0.2, 0.25) is 0 Å². The summed E-state index contributed by atoms with van der Waals surface area (Å²) in [6, 6.07) is 9.50. The van der Waals surface area contributed by atoms with Crippen LogP contribution in [0, 0.1) is 5.82 Å². The van der Waals surface area contributed by atoms with Gasteiger partial charge in [-0.1, -0.05) is 24.3 Å². The highest BCUT2D eigenvalue weighted by Crippen LogP contribution is 2.40. The maximum Gasteiger partial charge on any atom is 0.410 e. The number of amides is 1. The van der Waals surface area contributed by atoms with Crippen molar-refractivity contribution >= 4 is 38.3 Å². The van der Waals surface area contributed by atoms with Crippen LogP contribution in [0.1, 0.15) is 58.7 Å². The lowest BCUT2D eigenvalue weighted by Gasteiger charge is -2.35. The third-order valence-corrected chi connectivity index (χ3v) is 10.0. The molecule has 3 aromatic rings. The number of methoxy groups -OCH3 is 1. The van der Waals surface area contributed by atoms with Gasteiger partial charge in [-0.2, -0.15) is 0 Å². The number of nitrogens with zero attached hydrogens (tertiary/aromatic N) is 3. The van der Waals surface area contributed by atoms with E-state index in [1.54, 1.807) is 48.4 Å². The molecule has 5 rings (SSSR count). The fourth-order valence-corrected chi connectivity index (χ4v) is 7.14. The molecule has 1 unspecified atom stereocenters. The molecule has 1 amide bonds. The molecule has 0 saturated heterocycles. The Labute approximate surface area is 246 Å². The number of hydrogen-bond donors (Lipinski definition) is 0. The number of benzene rings is 1. The quantitative estimate of drug-likeness (QED) is 0.332. The van der Waals surface area contributed by atoms with E-state index in [2.05, 4.69) is 4.98 Å². The van der Waals surface area contributed by atoms with Crippen LogP contribution in [0.5, 0.6) is 5.75 Å². The van der Waals surface area contributed by atoms with Gasteiger partial charge in [-0.25, -0.2) is 26.6 Å². The first-order valence-corrected chi connectivity index (χ1v) is 15.3. The Balaban J connectivity index is 1.52. The van der Waals surface area contributed by atoms with E-state index >= 15 is 0 Å². The number of carbonyl (C=O) groups is 1. The van der Waals surface area contributed by atoms with Crippen molar-refractivity contribution in [2.45, 2.75) is 63.9 Å². The summed E-state index contributed by atoms with van der Waals surface area (Å²) in [5.41, 5.74) is 2.29. The van der Waals surface area contributed by atoms with Crippen LogP contribution in [0.3, 0.4) is 0 Å². The number of halogens is 1. The first-order valence-electron chi connectivity index (χ1n) is 13.9. The zero-order valence-electron chi connectivity index (χ0n) is 24.7. The monoisotopic (exact) mass is 593 g/mol. The Morgan fingerprint density at radius 1 is 1.17 bits per heavy atom. The maximum atomic E-state index is 14.5. The van der Waals surface area contributed by atoms with Crippen LogP contribution in [-0.2, 0) is 14.8 Å². The molecule has 0 N–H and O–H groups in total. The highest BCUT2D eigenvalue weighted by molar-refractivity contribution is 7.91. The Morgan fingerprint density at radius 3 is 2.57 bits per heavy atom. The lowest BCUT2D eigenvalue weighted by Crippen LogP contribution is -2.44. The minimum atomic E-state index is -4.05. The second kappa shape index (κ2) is 10.7. The average molecular weight is 594 g/mol. The number of aromatic nitrogens is 2. The average Bonchev–Trinajstić information content (AvgIpc) is 3.33. The number of rotatable bonds is 5. The van der Waals surface area contributed by atoms with Gasteiger partial charge in [-0.05, 0) is 95.0 Å². The minimum absolute atomic E-state index is 0.161. The number of ether oxygens (including phenoxy) is 2. The van der Waals surface area contributed by atoms with Crippen LogP contribution >= 0.6 is 0 Å². The number of hydrogen-bond acceptors (Lipinski definition) is 6. The molecule has 0 bridgehead atoms. The fourth-order valence-electron chi connectivity index (χ4n) is 5.38. The maximum absolute atomic E-state index is 14.5. The van der Waals surface area contributed by atoms with Crippen LogP contribution in [0.25, 0.3) is 22.2 Å². The molecular formula is C32H36FN3O5S. The predicted octanol–water partition coefficient (Wildman–Crippen LogP) is 6.58. The molecule has 8 nitrogen and oxygen atoms in total. The molecule has 222 valence electrons. The summed E-state index contributed by atoms with van der Waals surface area (Å²) < 4.78 is 54.1. The second-order valence-electron chi connectivity index (χ2n) is 12.0. The smallest absolute Gasteiger partial charge is 0.410 e. The van der Waals surface area contributed by atoms with E-state index in [4.69, 9.17) is 9.47 Å². The van der Waals surface area contributed by atoms with Crippen molar-refractivity contribution in [1.29, 1.82) is 0 Å². The Kier molecular flexibility index (Phi) is 7.55. The SMILES string of the molecule is COc1ccc(F)cc1C1=CCC(C)(S(=O)(=O)n2c(C3=CCN(C(=O)OC(C)(C)C)[C@@H](C)C3)cc3cccnc32)C=C1. The zero-order chi connectivity index (χ0) is 30.4. The highest BCUT2D eigenvalue weighted by Gasteiger charge is 2.42. The van der Waals surface area contributed by atoms with Crippen molar-refractivity contribution in [3.63, 3.8) is 0 Å². The Hall–Kier alpha value is -3.92. The standard InChI is InChI=1S/C32H36FN3O5S/c1-21-18-23(13-17-35(21)30(37)41-31(2,3)4)27-19-24-8-7-16-34-29(24)36(27)42(38,39)32(5)14-11-22(12-15-32)26-20-25(33)9-10-28(26)40-6/h7-14,16,19-21H,15,17-18H2,1-6H3/t21-,32?/m0/s1. The molecule has 2 atom stereocenters. The summed E-state index contributed by atoms with van der Waals surface area (Å²) >= 11 is 0. The molecule has 0 saturated carbocycles. The molecule has 10 heteroatoms. The normalized spacial score (nSPS) is 21.2. The van der Waals surface area contributed by atoms with Gasteiger partial charge in [-0.3, -0.25) is 0 Å². The van der Waals surface area contributed by atoms with Gasteiger partial charge in [0.25, 0.3) is 0 Å². The van der Waals surface area contributed by atoms with Crippen LogP contribution in [0.4, 0.5) is 9.18 Å². The molecule has 1 aliphatic heterocycles. The van der Waals surface area contributed by atoms with Crippen molar-refractivity contribution < 1.29 is 27.1 Å². The van der Waals surface area contributed by atoms with Gasteiger partial charge in [0.15, 0.2) is 5.65 Å². The number of fused-ring (bicyclic) bond motifs is 1. The summed E-state index contributed by atoms with van der Waals surface area (Å²) in [4.78, 5) is 18.9. The van der Waals surface area contributed by atoms with Gasteiger partial charge in [0.05, 0.1) is 12.8 Å². The molecule has 1 aliphatic carbocycles. The summed E-state index contributed by atoms with van der Waals surface area (Å²) in [5.74, 6) is 0.0937. The minimum Gasteiger partial charge on any atom is -0.496 e. The van der Waals surface area contributed by atoms with E-state index in [1.807, 2.05) is 45.9 Å². The van der Waals surface area contributed by atoms with Crippen molar-refractivity contribution in [2.75, 3.05) is 13.7 Å². The van der Waals surface area contributed by atoms with Gasteiger partial charge < -0.3 is 14.4 Å². The molecule has 42 heavy (non-hydrogen) atoms. The van der Waals surface area contributed by atoms with E-state index in [0.29, 0.717) is 46.6 Å². The number of allylic oxidation sites excluding steroid dienone is 3. The van der Waals surface area contributed by atoms with Gasteiger partial charge in [0.1, 0.15) is 21.9 Å². The first kappa shape index (κ1) is 29.6. The second-order valence-corrected chi connectivity index (χ2v) is 14.2. The van der Waals surface area contributed by atoms with Crippen molar-refractivity contribution in [3.8, 4) is 5.75 Å². The highest BCUT2D eigenvalue weighted by atomic mass is 32.2. The number of pyridine rings is 1. The summed E-state index contributed by atoms with van der Waals surface area (Å²) in [7, 11) is -2.54. The third kappa shape index (κ3) is 5.35. The summed E-state index contributed by atoms with van der Waals surface area (Å²) in [6.07, 6.45) is 8.83. The Morgan fingerprint density at radius 2 is 1.93 bits per heavy atom. The van der Waals surface area contributed by atoms with Gasteiger partial charge in [-0.15, -0.1) is 0 Å². The molecular weight excluding hydrogens is 557 g/mol. The first-order chi connectivity index (χ1) is 19.7. The van der Waals surface area contributed by atoms with Gasteiger partial charge in [0, 0.05) is 29.7 Å². The molecule has 1 aromatic carbocycles. The summed E-state index contributed by atoms with van der Waals surface area (Å²) in [6.45, 7) is 9.36. The largest absolute Gasteiger partial charge is 0.496 e. The van der Waals surface area contributed by atoms with Gasteiger partial charge >= 0.3 is 6.09 Å². The lowest BCUT2D eigenvalue weighted by molar-refractivity contribution is 0.0198. The molecule has 2 aromatic heterocycles. The van der Waals surface area contributed by atoms with E-state index in [1.165, 1.54) is 23.2 Å².